The maximum absolute atomic E-state index is 12.4. The highest BCUT2D eigenvalue weighted by molar-refractivity contribution is 5.78. The first kappa shape index (κ1) is 18.8. The van der Waals surface area contributed by atoms with E-state index in [-0.39, 0.29) is 24.1 Å². The SMILES string of the molecule is Cc1ccccc1C(C)NC(=O)CN(C)Cc1nc2ccccc2c(=O)[nH]1. The number of nitrogens with one attached hydrogen (secondary N) is 2. The van der Waals surface area contributed by atoms with Gasteiger partial charge in [0.05, 0.1) is 30.0 Å². The molecule has 0 saturated heterocycles. The van der Waals surface area contributed by atoms with Gasteiger partial charge in [-0.05, 0) is 44.2 Å². The number of likely N-dealkylation sites (N-methyl/N-ethyl adjacent to an activating group) is 1. The maximum atomic E-state index is 12.4. The average molecular weight is 364 g/mol. The van der Waals surface area contributed by atoms with Crippen LogP contribution in [0.25, 0.3) is 10.9 Å². The van der Waals surface area contributed by atoms with Gasteiger partial charge in [-0.15, -0.1) is 0 Å². The number of benzene rings is 2. The molecule has 0 spiro atoms. The molecule has 1 amide bonds. The van der Waals surface area contributed by atoms with Gasteiger partial charge in [-0.2, -0.15) is 0 Å². The molecule has 1 heterocycles. The lowest BCUT2D eigenvalue weighted by atomic mass is 10.0. The summed E-state index contributed by atoms with van der Waals surface area (Å²) >= 11 is 0. The molecule has 0 fully saturated rings. The zero-order valence-corrected chi connectivity index (χ0v) is 15.8. The summed E-state index contributed by atoms with van der Waals surface area (Å²) in [7, 11) is 1.83. The second-order valence-electron chi connectivity index (χ2n) is 6.85. The Kier molecular flexibility index (Phi) is 5.66. The smallest absolute Gasteiger partial charge is 0.258 e. The number of rotatable bonds is 6. The van der Waals surface area contributed by atoms with E-state index in [9.17, 15) is 9.59 Å². The molecule has 2 N–H and O–H groups in total. The molecule has 0 bridgehead atoms. The molecule has 0 radical (unpaired) electrons. The first-order valence-corrected chi connectivity index (χ1v) is 8.95. The van der Waals surface area contributed by atoms with Crippen LogP contribution in [0.3, 0.4) is 0 Å². The Morgan fingerprint density at radius 3 is 2.67 bits per heavy atom. The number of hydrogen-bond acceptors (Lipinski definition) is 4. The summed E-state index contributed by atoms with van der Waals surface area (Å²) < 4.78 is 0. The maximum Gasteiger partial charge on any atom is 0.258 e. The molecule has 3 rings (SSSR count). The van der Waals surface area contributed by atoms with Crippen LogP contribution in [0, 0.1) is 6.92 Å². The lowest BCUT2D eigenvalue weighted by molar-refractivity contribution is -0.122. The van der Waals surface area contributed by atoms with Crippen molar-refractivity contribution in [3.05, 3.63) is 75.8 Å². The molecular weight excluding hydrogens is 340 g/mol. The highest BCUT2D eigenvalue weighted by Crippen LogP contribution is 2.16. The monoisotopic (exact) mass is 364 g/mol. The molecule has 6 nitrogen and oxygen atoms in total. The molecule has 2 aromatic carbocycles. The number of aromatic amines is 1. The van der Waals surface area contributed by atoms with E-state index in [4.69, 9.17) is 0 Å². The molecule has 140 valence electrons. The van der Waals surface area contributed by atoms with Crippen molar-refractivity contribution in [3.8, 4) is 0 Å². The highest BCUT2D eigenvalue weighted by Gasteiger charge is 2.14. The van der Waals surface area contributed by atoms with Crippen molar-refractivity contribution in [1.82, 2.24) is 20.2 Å². The van der Waals surface area contributed by atoms with Gasteiger partial charge in [-0.1, -0.05) is 36.4 Å². The number of para-hydroxylation sites is 1. The average Bonchev–Trinajstić information content (AvgIpc) is 2.61. The quantitative estimate of drug-likeness (QED) is 0.705. The predicted molar refractivity (Wildman–Crippen MR) is 106 cm³/mol. The van der Waals surface area contributed by atoms with Crippen molar-refractivity contribution >= 4 is 16.8 Å². The molecule has 0 aliphatic rings. The normalized spacial score (nSPS) is 12.3. The van der Waals surface area contributed by atoms with Crippen molar-refractivity contribution in [2.24, 2.45) is 0 Å². The summed E-state index contributed by atoms with van der Waals surface area (Å²) in [5.74, 6) is 0.470. The lowest BCUT2D eigenvalue weighted by Crippen LogP contribution is -2.36. The second kappa shape index (κ2) is 8.14. The molecule has 0 saturated carbocycles. The van der Waals surface area contributed by atoms with Crippen LogP contribution in [-0.4, -0.2) is 34.4 Å². The van der Waals surface area contributed by atoms with E-state index in [2.05, 4.69) is 15.3 Å². The zero-order chi connectivity index (χ0) is 19.4. The van der Waals surface area contributed by atoms with Gasteiger partial charge in [0.25, 0.3) is 5.56 Å². The predicted octanol–water partition coefficient (Wildman–Crippen LogP) is 2.54. The molecule has 0 aliphatic heterocycles. The first-order chi connectivity index (χ1) is 12.9. The summed E-state index contributed by atoms with van der Waals surface area (Å²) in [5, 5.41) is 3.59. The summed E-state index contributed by atoms with van der Waals surface area (Å²) in [6.07, 6.45) is 0. The molecule has 0 aliphatic carbocycles. The Hall–Kier alpha value is -2.99. The van der Waals surface area contributed by atoms with Crippen LogP contribution >= 0.6 is 0 Å². The fourth-order valence-corrected chi connectivity index (χ4v) is 3.20. The van der Waals surface area contributed by atoms with E-state index in [1.807, 2.05) is 68.3 Å². The van der Waals surface area contributed by atoms with E-state index < -0.39 is 0 Å². The summed E-state index contributed by atoms with van der Waals surface area (Å²) in [6.45, 7) is 4.60. The Balaban J connectivity index is 1.62. The van der Waals surface area contributed by atoms with Crippen LogP contribution in [0.15, 0.2) is 53.3 Å². The second-order valence-corrected chi connectivity index (χ2v) is 6.85. The van der Waals surface area contributed by atoms with Crippen LogP contribution < -0.4 is 10.9 Å². The molecular formula is C21H24N4O2. The minimum absolute atomic E-state index is 0.0642. The molecule has 27 heavy (non-hydrogen) atoms. The number of aromatic nitrogens is 2. The lowest BCUT2D eigenvalue weighted by Gasteiger charge is -2.20. The third-order valence-corrected chi connectivity index (χ3v) is 4.53. The number of H-pyrrole nitrogens is 1. The van der Waals surface area contributed by atoms with Crippen LogP contribution in [-0.2, 0) is 11.3 Å². The number of amides is 1. The highest BCUT2D eigenvalue weighted by atomic mass is 16.2. The molecule has 6 heteroatoms. The Bertz CT molecular complexity index is 1010. The van der Waals surface area contributed by atoms with Gasteiger partial charge in [0, 0.05) is 0 Å². The standard InChI is InChI=1S/C21H24N4O2/c1-14-8-4-5-9-16(14)15(2)22-20(26)13-25(3)12-19-23-18-11-7-6-10-17(18)21(27)24-19/h4-11,15H,12-13H2,1-3H3,(H,22,26)(H,23,24,27). The minimum Gasteiger partial charge on any atom is -0.348 e. The number of carbonyl (C=O) groups is 1. The van der Waals surface area contributed by atoms with Gasteiger partial charge in [-0.25, -0.2) is 4.98 Å². The number of nitrogens with zero attached hydrogens (tertiary/aromatic N) is 2. The molecule has 1 unspecified atom stereocenters. The van der Waals surface area contributed by atoms with Crippen LogP contribution in [0.2, 0.25) is 0 Å². The Morgan fingerprint density at radius 2 is 1.89 bits per heavy atom. The van der Waals surface area contributed by atoms with Crippen LogP contribution in [0.1, 0.15) is 29.9 Å². The molecule has 3 aromatic rings. The number of aryl methyl sites for hydroxylation is 1. The third-order valence-electron chi connectivity index (χ3n) is 4.53. The van der Waals surface area contributed by atoms with E-state index in [1.165, 1.54) is 0 Å². The van der Waals surface area contributed by atoms with E-state index in [0.29, 0.717) is 23.3 Å². The number of fused-ring (bicyclic) bond motifs is 1. The zero-order valence-electron chi connectivity index (χ0n) is 15.8. The van der Waals surface area contributed by atoms with Crippen molar-refractivity contribution in [3.63, 3.8) is 0 Å². The topological polar surface area (TPSA) is 78.1 Å². The van der Waals surface area contributed by atoms with Gasteiger partial charge in [0.1, 0.15) is 5.82 Å². The van der Waals surface area contributed by atoms with Crippen molar-refractivity contribution in [2.75, 3.05) is 13.6 Å². The molecule has 1 atom stereocenters. The number of carbonyl (C=O) groups excluding carboxylic acids is 1. The van der Waals surface area contributed by atoms with Gasteiger partial charge in [0.2, 0.25) is 5.91 Å². The number of hydrogen-bond donors (Lipinski definition) is 2. The fourth-order valence-electron chi connectivity index (χ4n) is 3.20. The van der Waals surface area contributed by atoms with Crippen molar-refractivity contribution < 1.29 is 4.79 Å². The van der Waals surface area contributed by atoms with Gasteiger partial charge >= 0.3 is 0 Å². The van der Waals surface area contributed by atoms with Gasteiger partial charge in [-0.3, -0.25) is 14.5 Å². The summed E-state index contributed by atoms with van der Waals surface area (Å²) in [4.78, 5) is 33.6. The molecule has 1 aromatic heterocycles. The largest absolute Gasteiger partial charge is 0.348 e. The fraction of sp³-hybridized carbons (Fsp3) is 0.286. The Morgan fingerprint density at radius 1 is 1.19 bits per heavy atom. The van der Waals surface area contributed by atoms with E-state index in [1.54, 1.807) is 6.07 Å². The van der Waals surface area contributed by atoms with Crippen LogP contribution in [0.5, 0.6) is 0 Å². The minimum atomic E-state index is -0.165. The van der Waals surface area contributed by atoms with E-state index in [0.717, 1.165) is 11.1 Å². The van der Waals surface area contributed by atoms with Gasteiger partial charge < -0.3 is 10.3 Å². The summed E-state index contributed by atoms with van der Waals surface area (Å²) in [6, 6.07) is 15.2. The van der Waals surface area contributed by atoms with Crippen molar-refractivity contribution in [1.29, 1.82) is 0 Å². The Labute approximate surface area is 158 Å². The van der Waals surface area contributed by atoms with Crippen LogP contribution in [0.4, 0.5) is 0 Å². The summed E-state index contributed by atoms with van der Waals surface area (Å²) in [5.41, 5.74) is 2.74. The van der Waals surface area contributed by atoms with Crippen molar-refractivity contribution in [2.45, 2.75) is 26.4 Å². The van der Waals surface area contributed by atoms with E-state index >= 15 is 0 Å². The third kappa shape index (κ3) is 4.60. The first-order valence-electron chi connectivity index (χ1n) is 8.95. The van der Waals surface area contributed by atoms with Gasteiger partial charge in [0.15, 0.2) is 0 Å².